The van der Waals surface area contributed by atoms with Crippen molar-refractivity contribution < 1.29 is 24.1 Å². The number of hydrogen-bond donors (Lipinski definition) is 1. The predicted molar refractivity (Wildman–Crippen MR) is 120 cm³/mol. The zero-order valence-corrected chi connectivity index (χ0v) is 18.1. The average Bonchev–Trinajstić information content (AvgIpc) is 3.04. The van der Waals surface area contributed by atoms with Gasteiger partial charge in [0.25, 0.3) is 0 Å². The van der Waals surface area contributed by atoms with Crippen molar-refractivity contribution in [2.45, 2.75) is 13.8 Å². The highest BCUT2D eigenvalue weighted by Crippen LogP contribution is 2.42. The standard InChI is InChI=1S/C23H23NO5S/c1-5-29-23(26)19-20(25)18(13-15-10-8-12-17(27-3)21(15)28-4)30-22(19)24-16-11-7-6-9-14(16)2/h6-13,25H,5H2,1-4H3. The molecule has 0 saturated heterocycles. The van der Waals surface area contributed by atoms with Crippen molar-refractivity contribution in [1.29, 1.82) is 0 Å². The van der Waals surface area contributed by atoms with E-state index in [1.165, 1.54) is 11.8 Å². The predicted octanol–water partition coefficient (Wildman–Crippen LogP) is 5.21. The summed E-state index contributed by atoms with van der Waals surface area (Å²) < 4.78 is 16.0. The number of ether oxygens (including phenoxy) is 3. The van der Waals surface area contributed by atoms with Crippen molar-refractivity contribution in [2.75, 3.05) is 20.8 Å². The second-order valence-corrected chi connectivity index (χ2v) is 7.37. The van der Waals surface area contributed by atoms with Crippen molar-refractivity contribution >= 4 is 34.5 Å². The van der Waals surface area contributed by atoms with Crippen LogP contribution in [0.25, 0.3) is 6.08 Å². The first-order valence-electron chi connectivity index (χ1n) is 9.36. The molecule has 1 aliphatic heterocycles. The number of aliphatic hydroxyl groups is 1. The van der Waals surface area contributed by atoms with Gasteiger partial charge < -0.3 is 19.3 Å². The van der Waals surface area contributed by atoms with Crippen LogP contribution < -0.4 is 9.47 Å². The molecule has 6 nitrogen and oxygen atoms in total. The smallest absolute Gasteiger partial charge is 0.344 e. The zero-order valence-electron chi connectivity index (χ0n) is 17.3. The molecule has 0 bridgehead atoms. The summed E-state index contributed by atoms with van der Waals surface area (Å²) in [5.74, 6) is 0.312. The van der Waals surface area contributed by atoms with Crippen LogP contribution in [0.2, 0.25) is 0 Å². The van der Waals surface area contributed by atoms with E-state index in [2.05, 4.69) is 4.99 Å². The Balaban J connectivity index is 2.11. The van der Waals surface area contributed by atoms with Crippen LogP contribution in [0.1, 0.15) is 18.1 Å². The Kier molecular flexibility index (Phi) is 6.84. The van der Waals surface area contributed by atoms with Crippen LogP contribution in [0.5, 0.6) is 11.5 Å². The van der Waals surface area contributed by atoms with Gasteiger partial charge in [0.05, 0.1) is 31.4 Å². The molecular formula is C23H23NO5S. The van der Waals surface area contributed by atoms with Gasteiger partial charge in [0.1, 0.15) is 16.4 Å². The lowest BCUT2D eigenvalue weighted by molar-refractivity contribution is -0.138. The molecule has 7 heteroatoms. The van der Waals surface area contributed by atoms with Gasteiger partial charge in [0.2, 0.25) is 0 Å². The molecule has 156 valence electrons. The Labute approximate surface area is 179 Å². The quantitative estimate of drug-likeness (QED) is 0.641. The normalized spacial score (nSPS) is 16.3. The van der Waals surface area contributed by atoms with E-state index in [0.29, 0.717) is 27.0 Å². The molecule has 3 rings (SSSR count). The maximum Gasteiger partial charge on any atom is 0.344 e. The van der Waals surface area contributed by atoms with E-state index in [9.17, 15) is 9.90 Å². The van der Waals surface area contributed by atoms with Gasteiger partial charge in [-0.3, -0.25) is 0 Å². The van der Waals surface area contributed by atoms with Gasteiger partial charge >= 0.3 is 5.97 Å². The minimum atomic E-state index is -0.615. The first-order valence-corrected chi connectivity index (χ1v) is 10.2. The van der Waals surface area contributed by atoms with Gasteiger partial charge in [-0.15, -0.1) is 0 Å². The zero-order chi connectivity index (χ0) is 21.7. The number of carbonyl (C=O) groups is 1. The maximum absolute atomic E-state index is 12.6. The number of thioether (sulfide) groups is 1. The fraction of sp³-hybridized carbons (Fsp3) is 0.217. The highest BCUT2D eigenvalue weighted by atomic mass is 32.2. The molecule has 1 heterocycles. The third-order valence-electron chi connectivity index (χ3n) is 4.43. The van der Waals surface area contributed by atoms with Crippen LogP contribution >= 0.6 is 11.8 Å². The average molecular weight is 426 g/mol. The van der Waals surface area contributed by atoms with Gasteiger partial charge in [-0.2, -0.15) is 0 Å². The Morgan fingerprint density at radius 2 is 1.90 bits per heavy atom. The SMILES string of the molecule is CCOC(=O)C1=C(O)C(=Cc2cccc(OC)c2OC)SC1=Nc1ccccc1C. The highest BCUT2D eigenvalue weighted by Gasteiger charge is 2.33. The molecule has 0 saturated carbocycles. The monoisotopic (exact) mass is 425 g/mol. The minimum absolute atomic E-state index is 0.0539. The van der Waals surface area contributed by atoms with E-state index in [4.69, 9.17) is 14.2 Å². The second kappa shape index (κ2) is 9.54. The van der Waals surface area contributed by atoms with Crippen molar-refractivity contribution in [3.63, 3.8) is 0 Å². The fourth-order valence-electron chi connectivity index (χ4n) is 2.96. The molecule has 30 heavy (non-hydrogen) atoms. The second-order valence-electron chi connectivity index (χ2n) is 6.34. The molecule has 0 unspecified atom stereocenters. The minimum Gasteiger partial charge on any atom is -0.506 e. The summed E-state index contributed by atoms with van der Waals surface area (Å²) in [6, 6.07) is 13.0. The molecule has 1 N–H and O–H groups in total. The van der Waals surface area contributed by atoms with E-state index >= 15 is 0 Å². The molecular weight excluding hydrogens is 402 g/mol. The third-order valence-corrected chi connectivity index (χ3v) is 5.45. The fourth-order valence-corrected chi connectivity index (χ4v) is 3.98. The Morgan fingerprint density at radius 1 is 1.13 bits per heavy atom. The number of benzene rings is 2. The molecule has 2 aromatic rings. The van der Waals surface area contributed by atoms with E-state index in [1.807, 2.05) is 43.3 Å². The molecule has 1 aliphatic rings. The summed E-state index contributed by atoms with van der Waals surface area (Å²) in [7, 11) is 3.11. The van der Waals surface area contributed by atoms with Gasteiger partial charge in [0, 0.05) is 5.56 Å². The summed E-state index contributed by atoms with van der Waals surface area (Å²) in [5, 5.41) is 11.2. The van der Waals surface area contributed by atoms with Gasteiger partial charge in [0.15, 0.2) is 11.5 Å². The molecule has 2 aromatic carbocycles. The van der Waals surface area contributed by atoms with Crippen LogP contribution in [-0.4, -0.2) is 36.9 Å². The van der Waals surface area contributed by atoms with E-state index in [1.54, 1.807) is 33.3 Å². The first-order chi connectivity index (χ1) is 14.5. The van der Waals surface area contributed by atoms with Gasteiger partial charge in [-0.05, 0) is 37.6 Å². The molecule has 0 fully saturated rings. The number of para-hydroxylation sites is 2. The summed E-state index contributed by atoms with van der Waals surface area (Å²) in [5.41, 5.74) is 2.43. The number of aryl methyl sites for hydroxylation is 1. The molecule has 0 spiro atoms. The van der Waals surface area contributed by atoms with Gasteiger partial charge in [-0.25, -0.2) is 9.79 Å². The van der Waals surface area contributed by atoms with Crippen molar-refractivity contribution in [3.05, 3.63) is 69.8 Å². The number of esters is 1. The van der Waals surface area contributed by atoms with Crippen LogP contribution in [-0.2, 0) is 9.53 Å². The summed E-state index contributed by atoms with van der Waals surface area (Å²) in [6.07, 6.45) is 1.74. The van der Waals surface area contributed by atoms with E-state index in [0.717, 1.165) is 11.3 Å². The first kappa shape index (κ1) is 21.5. The summed E-state index contributed by atoms with van der Waals surface area (Å²) in [4.78, 5) is 17.7. The summed E-state index contributed by atoms with van der Waals surface area (Å²) >= 11 is 1.20. The largest absolute Gasteiger partial charge is 0.506 e. The Bertz CT molecular complexity index is 1060. The van der Waals surface area contributed by atoms with Crippen molar-refractivity contribution in [2.24, 2.45) is 4.99 Å². The number of hydrogen-bond acceptors (Lipinski definition) is 7. The van der Waals surface area contributed by atoms with Crippen LogP contribution in [0.4, 0.5) is 5.69 Å². The Morgan fingerprint density at radius 3 is 2.57 bits per heavy atom. The third kappa shape index (κ3) is 4.36. The Hall–Kier alpha value is -3.19. The van der Waals surface area contributed by atoms with Crippen LogP contribution in [0, 0.1) is 6.92 Å². The lowest BCUT2D eigenvalue weighted by Crippen LogP contribution is -2.12. The molecule has 0 aliphatic carbocycles. The van der Waals surface area contributed by atoms with E-state index in [-0.39, 0.29) is 17.9 Å². The van der Waals surface area contributed by atoms with Crippen LogP contribution in [0.15, 0.2) is 63.7 Å². The number of aliphatic imine (C=N–C) groups is 1. The van der Waals surface area contributed by atoms with Crippen molar-refractivity contribution in [3.8, 4) is 11.5 Å². The molecule has 0 amide bonds. The van der Waals surface area contributed by atoms with Gasteiger partial charge in [-0.1, -0.05) is 42.1 Å². The number of aliphatic hydroxyl groups excluding tert-OH is 1. The molecule has 0 radical (unpaired) electrons. The maximum atomic E-state index is 12.6. The number of nitrogens with zero attached hydrogens (tertiary/aromatic N) is 1. The highest BCUT2D eigenvalue weighted by molar-refractivity contribution is 8.18. The van der Waals surface area contributed by atoms with Crippen LogP contribution in [0.3, 0.4) is 0 Å². The number of rotatable bonds is 6. The molecule has 0 aromatic heterocycles. The topological polar surface area (TPSA) is 77.4 Å². The van der Waals surface area contributed by atoms with Crippen molar-refractivity contribution in [1.82, 2.24) is 0 Å². The lowest BCUT2D eigenvalue weighted by Gasteiger charge is -2.10. The number of carbonyl (C=O) groups excluding carboxylic acids is 1. The summed E-state index contributed by atoms with van der Waals surface area (Å²) in [6.45, 7) is 3.85. The molecule has 0 atom stereocenters. The van der Waals surface area contributed by atoms with E-state index < -0.39 is 5.97 Å². The number of methoxy groups -OCH3 is 2. The lowest BCUT2D eigenvalue weighted by atomic mass is 10.1.